The van der Waals surface area contributed by atoms with Gasteiger partial charge in [-0.2, -0.15) is 0 Å². The number of hydrogen-bond acceptors (Lipinski definition) is 2. The molecule has 0 saturated carbocycles. The second-order valence-corrected chi connectivity index (χ2v) is 4.40. The zero-order chi connectivity index (χ0) is 8.43. The monoisotopic (exact) mass is 253 g/mol. The molecule has 0 atom stereocenters. The number of rotatable bonds is 2. The van der Waals surface area contributed by atoms with Crippen LogP contribution in [0.1, 0.15) is 49.4 Å². The molecular formula is C9H14NRbS. The minimum Gasteiger partial charge on any atom is -0.445 e. The summed E-state index contributed by atoms with van der Waals surface area (Å²) in [5.41, 5.74) is 0. The van der Waals surface area contributed by atoms with Crippen LogP contribution in [0.25, 0.3) is 0 Å². The van der Waals surface area contributed by atoms with Gasteiger partial charge in [-0.25, -0.2) is 11.3 Å². The van der Waals surface area contributed by atoms with Crippen molar-refractivity contribution < 1.29 is 58.2 Å². The molecule has 1 nitrogen and oxygen atoms in total. The van der Waals surface area contributed by atoms with Crippen molar-refractivity contribution in [3.05, 3.63) is 16.1 Å². The fraction of sp³-hybridized carbons (Fsp3) is 0.667. The minimum atomic E-state index is 0. The molecule has 62 valence electrons. The SMILES string of the molecule is CC(C)c1[c-]nc(C(C)C)s1.[Rb+]. The Balaban J connectivity index is 0.00000121. The van der Waals surface area contributed by atoms with E-state index in [0.717, 1.165) is 0 Å². The fourth-order valence-electron chi connectivity index (χ4n) is 0.762. The van der Waals surface area contributed by atoms with Gasteiger partial charge >= 0.3 is 58.2 Å². The van der Waals surface area contributed by atoms with E-state index >= 15 is 0 Å². The van der Waals surface area contributed by atoms with Gasteiger partial charge in [0.15, 0.2) is 0 Å². The van der Waals surface area contributed by atoms with Crippen molar-refractivity contribution >= 4 is 11.3 Å². The Morgan fingerprint density at radius 2 is 1.75 bits per heavy atom. The molecule has 1 aromatic heterocycles. The summed E-state index contributed by atoms with van der Waals surface area (Å²) in [4.78, 5) is 5.50. The molecule has 0 N–H and O–H groups in total. The maximum atomic E-state index is 4.23. The van der Waals surface area contributed by atoms with E-state index in [1.165, 1.54) is 9.88 Å². The number of nitrogens with zero attached hydrogens (tertiary/aromatic N) is 1. The number of thiazole rings is 1. The number of aromatic nitrogens is 1. The van der Waals surface area contributed by atoms with Crippen molar-refractivity contribution in [2.75, 3.05) is 0 Å². The van der Waals surface area contributed by atoms with Crippen LogP contribution in [0.5, 0.6) is 0 Å². The molecule has 0 aromatic carbocycles. The van der Waals surface area contributed by atoms with Crippen molar-refractivity contribution in [3.63, 3.8) is 0 Å². The van der Waals surface area contributed by atoms with Gasteiger partial charge in [-0.15, -0.1) is 6.20 Å². The van der Waals surface area contributed by atoms with Gasteiger partial charge in [0.2, 0.25) is 0 Å². The predicted octanol–water partition coefficient (Wildman–Crippen LogP) is 0.194. The third kappa shape index (κ3) is 3.66. The Morgan fingerprint density at radius 3 is 2.00 bits per heavy atom. The summed E-state index contributed by atoms with van der Waals surface area (Å²) in [6.07, 6.45) is 3.06. The van der Waals surface area contributed by atoms with Gasteiger partial charge in [0.25, 0.3) is 0 Å². The topological polar surface area (TPSA) is 12.9 Å². The predicted molar refractivity (Wildman–Crippen MR) is 49.1 cm³/mol. The molecule has 0 aliphatic carbocycles. The van der Waals surface area contributed by atoms with Gasteiger partial charge in [-0.3, -0.25) is 0 Å². The molecule has 0 saturated heterocycles. The van der Waals surface area contributed by atoms with Gasteiger partial charge in [0, 0.05) is 0 Å². The van der Waals surface area contributed by atoms with E-state index in [2.05, 4.69) is 38.9 Å². The summed E-state index contributed by atoms with van der Waals surface area (Å²) in [5.74, 6) is 1.11. The van der Waals surface area contributed by atoms with Crippen LogP contribution in [-0.4, -0.2) is 4.98 Å². The fourth-order valence-corrected chi connectivity index (χ4v) is 1.64. The molecule has 0 bridgehead atoms. The van der Waals surface area contributed by atoms with Crippen LogP contribution < -0.4 is 58.2 Å². The van der Waals surface area contributed by atoms with Crippen LogP contribution in [0.4, 0.5) is 0 Å². The third-order valence-corrected chi connectivity index (χ3v) is 3.06. The Kier molecular flexibility index (Phi) is 6.74. The van der Waals surface area contributed by atoms with E-state index < -0.39 is 0 Å². The first-order chi connectivity index (χ1) is 5.11. The standard InChI is InChI=1S/C9H14NS.Rb/c1-6(2)8-5-10-9(11-8)7(3)4;/h6-7H,1-4H3;/q-1;+1. The first-order valence-corrected chi connectivity index (χ1v) is 4.81. The number of hydrogen-bond donors (Lipinski definition) is 0. The molecule has 0 amide bonds. The van der Waals surface area contributed by atoms with Crippen molar-refractivity contribution in [1.82, 2.24) is 4.98 Å². The van der Waals surface area contributed by atoms with Crippen molar-refractivity contribution in [1.29, 1.82) is 0 Å². The Bertz CT molecular complexity index is 208. The van der Waals surface area contributed by atoms with Crippen LogP contribution in [0.15, 0.2) is 0 Å². The molecule has 1 heterocycles. The largest absolute Gasteiger partial charge is 1.00 e. The molecule has 0 fully saturated rings. The second kappa shape index (κ2) is 6.02. The zero-order valence-electron chi connectivity index (χ0n) is 8.51. The van der Waals surface area contributed by atoms with E-state index in [1.807, 2.05) is 0 Å². The second-order valence-electron chi connectivity index (χ2n) is 3.34. The van der Waals surface area contributed by atoms with Gasteiger partial charge in [0.1, 0.15) is 0 Å². The molecule has 0 aliphatic heterocycles. The van der Waals surface area contributed by atoms with Crippen LogP contribution in [0.2, 0.25) is 0 Å². The van der Waals surface area contributed by atoms with Crippen LogP contribution in [0, 0.1) is 6.20 Å². The van der Waals surface area contributed by atoms with E-state index in [9.17, 15) is 0 Å². The van der Waals surface area contributed by atoms with E-state index in [4.69, 9.17) is 0 Å². The van der Waals surface area contributed by atoms with E-state index in [0.29, 0.717) is 11.8 Å². The van der Waals surface area contributed by atoms with Gasteiger partial charge in [-0.1, -0.05) is 43.5 Å². The smallest absolute Gasteiger partial charge is 0.445 e. The molecule has 12 heavy (non-hydrogen) atoms. The molecule has 1 aromatic rings. The Hall–Kier alpha value is 1.44. The van der Waals surface area contributed by atoms with Gasteiger partial charge in [0.05, 0.1) is 0 Å². The quantitative estimate of drug-likeness (QED) is 0.686. The van der Waals surface area contributed by atoms with Gasteiger partial charge < -0.3 is 4.98 Å². The maximum Gasteiger partial charge on any atom is 1.00 e. The molecule has 0 spiro atoms. The van der Waals surface area contributed by atoms with Crippen LogP contribution in [-0.2, 0) is 0 Å². The van der Waals surface area contributed by atoms with Crippen LogP contribution in [0.3, 0.4) is 0 Å². The van der Waals surface area contributed by atoms with Crippen molar-refractivity contribution in [3.8, 4) is 0 Å². The Morgan fingerprint density at radius 1 is 1.17 bits per heavy atom. The Labute approximate surface area is 128 Å². The molecular weight excluding hydrogens is 240 g/mol. The molecule has 0 radical (unpaired) electrons. The van der Waals surface area contributed by atoms with E-state index in [1.54, 1.807) is 11.3 Å². The normalized spacial score (nSPS) is 10.5. The summed E-state index contributed by atoms with van der Waals surface area (Å²) < 4.78 is 0. The third-order valence-electron chi connectivity index (χ3n) is 1.51. The summed E-state index contributed by atoms with van der Waals surface area (Å²) in [6.45, 7) is 8.68. The molecule has 3 heteroatoms. The van der Waals surface area contributed by atoms with Crippen molar-refractivity contribution in [2.45, 2.75) is 39.5 Å². The van der Waals surface area contributed by atoms with E-state index in [-0.39, 0.29) is 58.2 Å². The minimum absolute atomic E-state index is 0. The summed E-state index contributed by atoms with van der Waals surface area (Å²) >= 11 is 1.78. The first kappa shape index (κ1) is 13.4. The van der Waals surface area contributed by atoms with Crippen LogP contribution >= 0.6 is 11.3 Å². The van der Waals surface area contributed by atoms with Gasteiger partial charge in [-0.05, 0) is 5.92 Å². The maximum absolute atomic E-state index is 4.23. The molecule has 0 aliphatic rings. The first-order valence-electron chi connectivity index (χ1n) is 3.99. The average Bonchev–Trinajstić information content (AvgIpc) is 2.33. The average molecular weight is 254 g/mol. The summed E-state index contributed by atoms with van der Waals surface area (Å²) in [5, 5.41) is 1.20. The molecule has 0 unspecified atom stereocenters. The van der Waals surface area contributed by atoms with Crippen molar-refractivity contribution in [2.24, 2.45) is 0 Å². The summed E-state index contributed by atoms with van der Waals surface area (Å²) in [7, 11) is 0. The molecule has 1 rings (SSSR count). The summed E-state index contributed by atoms with van der Waals surface area (Å²) in [6, 6.07) is 0. The zero-order valence-corrected chi connectivity index (χ0v) is 14.2.